The fourth-order valence-electron chi connectivity index (χ4n) is 1.63. The van der Waals surface area contributed by atoms with Crippen molar-refractivity contribution in [2.45, 2.75) is 13.0 Å². The zero-order valence-corrected chi connectivity index (χ0v) is 10.6. The largest absolute Gasteiger partial charge is 0.445 e. The number of pyridine rings is 1. The highest BCUT2D eigenvalue weighted by atomic mass is 16.5. The molecule has 0 unspecified atom stereocenters. The van der Waals surface area contributed by atoms with E-state index in [0.29, 0.717) is 13.2 Å². The van der Waals surface area contributed by atoms with Crippen molar-refractivity contribution in [1.29, 1.82) is 0 Å². The van der Waals surface area contributed by atoms with Crippen LogP contribution in [0, 0.1) is 0 Å². The van der Waals surface area contributed by atoms with Crippen LogP contribution in [0.3, 0.4) is 0 Å². The summed E-state index contributed by atoms with van der Waals surface area (Å²) in [5.74, 6) is 0. The summed E-state index contributed by atoms with van der Waals surface area (Å²) in [4.78, 5) is 15.5. The molecule has 1 aromatic heterocycles. The van der Waals surface area contributed by atoms with E-state index in [9.17, 15) is 4.79 Å². The molecule has 1 amide bonds. The average Bonchev–Trinajstić information content (AvgIpc) is 2.47. The Labute approximate surface area is 112 Å². The Balaban J connectivity index is 1.65. The molecule has 2 rings (SSSR count). The molecule has 0 aliphatic rings. The van der Waals surface area contributed by atoms with Crippen LogP contribution in [-0.4, -0.2) is 17.6 Å². The molecule has 4 heteroatoms. The van der Waals surface area contributed by atoms with E-state index in [1.807, 2.05) is 42.5 Å². The van der Waals surface area contributed by atoms with E-state index < -0.39 is 6.09 Å². The van der Waals surface area contributed by atoms with Crippen LogP contribution >= 0.6 is 0 Å². The molecule has 0 aliphatic heterocycles. The van der Waals surface area contributed by atoms with E-state index in [1.54, 1.807) is 12.4 Å². The molecule has 0 atom stereocenters. The fraction of sp³-hybridized carbons (Fsp3) is 0.200. The molecule has 1 heterocycles. The number of aromatic nitrogens is 1. The standard InChI is InChI=1S/C15H16N2O2/c18-15(19-12-14-5-2-1-3-6-14)17-10-8-13-7-4-9-16-11-13/h1-7,9,11H,8,10,12H2,(H,17,18). The molecular weight excluding hydrogens is 240 g/mol. The summed E-state index contributed by atoms with van der Waals surface area (Å²) in [7, 11) is 0. The Morgan fingerprint density at radius 3 is 2.63 bits per heavy atom. The highest BCUT2D eigenvalue weighted by Crippen LogP contribution is 2.00. The average molecular weight is 256 g/mol. The first kappa shape index (κ1) is 13.1. The first-order chi connectivity index (χ1) is 9.34. The van der Waals surface area contributed by atoms with Crippen molar-refractivity contribution >= 4 is 6.09 Å². The molecule has 0 spiro atoms. The molecule has 19 heavy (non-hydrogen) atoms. The fourth-order valence-corrected chi connectivity index (χ4v) is 1.63. The number of benzene rings is 1. The van der Waals surface area contributed by atoms with Gasteiger partial charge in [-0.3, -0.25) is 4.98 Å². The second-order valence-corrected chi connectivity index (χ2v) is 4.10. The maximum absolute atomic E-state index is 11.5. The number of nitrogens with zero attached hydrogens (tertiary/aromatic N) is 1. The third-order valence-corrected chi connectivity index (χ3v) is 2.62. The minimum atomic E-state index is -0.396. The Bertz CT molecular complexity index is 500. The third kappa shape index (κ3) is 4.79. The van der Waals surface area contributed by atoms with Crippen molar-refractivity contribution in [3.05, 3.63) is 66.0 Å². The number of carbonyl (C=O) groups excluding carboxylic acids is 1. The van der Waals surface area contributed by atoms with Gasteiger partial charge in [0.15, 0.2) is 0 Å². The molecular formula is C15H16N2O2. The van der Waals surface area contributed by atoms with Gasteiger partial charge in [-0.2, -0.15) is 0 Å². The summed E-state index contributed by atoms with van der Waals surface area (Å²) in [6, 6.07) is 13.5. The molecule has 0 fully saturated rings. The summed E-state index contributed by atoms with van der Waals surface area (Å²) in [5, 5.41) is 2.71. The third-order valence-electron chi connectivity index (χ3n) is 2.62. The monoisotopic (exact) mass is 256 g/mol. The van der Waals surface area contributed by atoms with Crippen LogP contribution in [0.1, 0.15) is 11.1 Å². The van der Waals surface area contributed by atoms with Crippen LogP contribution in [0.15, 0.2) is 54.9 Å². The highest BCUT2D eigenvalue weighted by Gasteiger charge is 2.01. The van der Waals surface area contributed by atoms with Crippen molar-refractivity contribution in [1.82, 2.24) is 10.3 Å². The molecule has 4 nitrogen and oxygen atoms in total. The lowest BCUT2D eigenvalue weighted by Crippen LogP contribution is -2.26. The van der Waals surface area contributed by atoms with E-state index in [1.165, 1.54) is 0 Å². The Morgan fingerprint density at radius 1 is 1.11 bits per heavy atom. The topological polar surface area (TPSA) is 51.2 Å². The summed E-state index contributed by atoms with van der Waals surface area (Å²) < 4.78 is 5.10. The number of rotatable bonds is 5. The zero-order valence-electron chi connectivity index (χ0n) is 10.6. The predicted octanol–water partition coefficient (Wildman–Crippen LogP) is 2.55. The number of hydrogen-bond acceptors (Lipinski definition) is 3. The summed E-state index contributed by atoms with van der Waals surface area (Å²) in [6.45, 7) is 0.832. The van der Waals surface area contributed by atoms with Gasteiger partial charge < -0.3 is 10.1 Å². The molecule has 0 radical (unpaired) electrons. The van der Waals surface area contributed by atoms with Crippen LogP contribution in [0.2, 0.25) is 0 Å². The maximum Gasteiger partial charge on any atom is 0.407 e. The first-order valence-electron chi connectivity index (χ1n) is 6.18. The Kier molecular flexibility index (Phi) is 4.93. The van der Waals surface area contributed by atoms with Gasteiger partial charge in [0.2, 0.25) is 0 Å². The highest BCUT2D eigenvalue weighted by molar-refractivity contribution is 5.67. The van der Waals surface area contributed by atoms with Gasteiger partial charge in [0.05, 0.1) is 0 Å². The van der Waals surface area contributed by atoms with Gasteiger partial charge in [0.25, 0.3) is 0 Å². The minimum Gasteiger partial charge on any atom is -0.445 e. The smallest absolute Gasteiger partial charge is 0.407 e. The zero-order chi connectivity index (χ0) is 13.3. The van der Waals surface area contributed by atoms with E-state index >= 15 is 0 Å². The number of amides is 1. The lowest BCUT2D eigenvalue weighted by Gasteiger charge is -2.06. The van der Waals surface area contributed by atoms with Crippen molar-refractivity contribution in [2.24, 2.45) is 0 Å². The van der Waals surface area contributed by atoms with Crippen molar-refractivity contribution in [2.75, 3.05) is 6.54 Å². The first-order valence-corrected chi connectivity index (χ1v) is 6.18. The van der Waals surface area contributed by atoms with Crippen LogP contribution < -0.4 is 5.32 Å². The van der Waals surface area contributed by atoms with Crippen molar-refractivity contribution < 1.29 is 9.53 Å². The summed E-state index contributed by atoms with van der Waals surface area (Å²) in [6.07, 6.45) is 3.86. The lowest BCUT2D eigenvalue weighted by atomic mass is 10.2. The van der Waals surface area contributed by atoms with Crippen LogP contribution in [-0.2, 0) is 17.8 Å². The van der Waals surface area contributed by atoms with Gasteiger partial charge in [0, 0.05) is 18.9 Å². The number of ether oxygens (including phenoxy) is 1. The molecule has 0 aliphatic carbocycles. The van der Waals surface area contributed by atoms with E-state index in [-0.39, 0.29) is 0 Å². The van der Waals surface area contributed by atoms with Gasteiger partial charge in [-0.15, -0.1) is 0 Å². The van der Waals surface area contributed by atoms with E-state index in [4.69, 9.17) is 4.74 Å². The van der Waals surface area contributed by atoms with E-state index in [2.05, 4.69) is 10.3 Å². The molecule has 1 N–H and O–H groups in total. The van der Waals surface area contributed by atoms with Gasteiger partial charge in [0.1, 0.15) is 6.61 Å². The van der Waals surface area contributed by atoms with Gasteiger partial charge in [-0.05, 0) is 23.6 Å². The SMILES string of the molecule is O=C(NCCc1cccnc1)OCc1ccccc1. The van der Waals surface area contributed by atoms with Crippen LogP contribution in [0.5, 0.6) is 0 Å². The minimum absolute atomic E-state index is 0.291. The molecule has 0 saturated heterocycles. The van der Waals surface area contributed by atoms with Gasteiger partial charge >= 0.3 is 6.09 Å². The Hall–Kier alpha value is -2.36. The second-order valence-electron chi connectivity index (χ2n) is 4.10. The molecule has 2 aromatic rings. The molecule has 0 saturated carbocycles. The Morgan fingerprint density at radius 2 is 1.89 bits per heavy atom. The van der Waals surface area contributed by atoms with Crippen LogP contribution in [0.4, 0.5) is 4.79 Å². The van der Waals surface area contributed by atoms with Crippen LogP contribution in [0.25, 0.3) is 0 Å². The number of hydrogen-bond donors (Lipinski definition) is 1. The van der Waals surface area contributed by atoms with Gasteiger partial charge in [-0.25, -0.2) is 4.79 Å². The predicted molar refractivity (Wildman–Crippen MR) is 72.6 cm³/mol. The summed E-state index contributed by atoms with van der Waals surface area (Å²) >= 11 is 0. The normalized spacial score (nSPS) is 9.89. The number of nitrogens with one attached hydrogen (secondary N) is 1. The van der Waals surface area contributed by atoms with Crippen molar-refractivity contribution in [3.63, 3.8) is 0 Å². The van der Waals surface area contributed by atoms with E-state index in [0.717, 1.165) is 17.5 Å². The molecule has 0 bridgehead atoms. The van der Waals surface area contributed by atoms with Gasteiger partial charge in [-0.1, -0.05) is 36.4 Å². The number of carbonyl (C=O) groups is 1. The lowest BCUT2D eigenvalue weighted by molar-refractivity contribution is 0.140. The number of alkyl carbamates (subject to hydrolysis) is 1. The van der Waals surface area contributed by atoms with Crippen molar-refractivity contribution in [3.8, 4) is 0 Å². The second kappa shape index (κ2) is 7.16. The maximum atomic E-state index is 11.5. The molecule has 98 valence electrons. The molecule has 1 aromatic carbocycles. The summed E-state index contributed by atoms with van der Waals surface area (Å²) in [5.41, 5.74) is 2.07. The quantitative estimate of drug-likeness (QED) is 0.894.